The van der Waals surface area contributed by atoms with Crippen molar-refractivity contribution < 1.29 is 19.1 Å². The molecule has 2 aromatic carbocycles. The van der Waals surface area contributed by atoms with Crippen LogP contribution in [0.2, 0.25) is 0 Å². The van der Waals surface area contributed by atoms with Crippen LogP contribution in [0.25, 0.3) is 0 Å². The molecule has 1 aliphatic heterocycles. The van der Waals surface area contributed by atoms with Gasteiger partial charge in [-0.15, -0.1) is 0 Å². The summed E-state index contributed by atoms with van der Waals surface area (Å²) >= 11 is 0. The van der Waals surface area contributed by atoms with Crippen molar-refractivity contribution in [2.75, 3.05) is 58.4 Å². The van der Waals surface area contributed by atoms with Crippen LogP contribution in [0.15, 0.2) is 48.5 Å². The van der Waals surface area contributed by atoms with Gasteiger partial charge in [-0.3, -0.25) is 14.5 Å². The Morgan fingerprint density at radius 2 is 1.65 bits per heavy atom. The quantitative estimate of drug-likeness (QED) is 0.619. The SMILES string of the molecule is COc1cccc(CNC(=O)C(=O)NCCN2CCN(c3ccccc3OC)CC2)c1. The third-order valence-electron chi connectivity index (χ3n) is 5.31. The molecule has 8 nitrogen and oxygen atoms in total. The number of carbonyl (C=O) groups is 2. The minimum Gasteiger partial charge on any atom is -0.497 e. The molecule has 0 aromatic heterocycles. The van der Waals surface area contributed by atoms with Gasteiger partial charge >= 0.3 is 11.8 Å². The number of nitrogens with one attached hydrogen (secondary N) is 2. The first-order valence-corrected chi connectivity index (χ1v) is 10.4. The van der Waals surface area contributed by atoms with Crippen molar-refractivity contribution in [3.05, 3.63) is 54.1 Å². The van der Waals surface area contributed by atoms with E-state index in [1.54, 1.807) is 14.2 Å². The van der Waals surface area contributed by atoms with Gasteiger partial charge in [0.25, 0.3) is 0 Å². The van der Waals surface area contributed by atoms with Gasteiger partial charge in [0, 0.05) is 45.8 Å². The van der Waals surface area contributed by atoms with Crippen molar-refractivity contribution in [1.29, 1.82) is 0 Å². The summed E-state index contributed by atoms with van der Waals surface area (Å²) in [5, 5.41) is 5.33. The second-order valence-electron chi connectivity index (χ2n) is 7.29. The molecule has 2 N–H and O–H groups in total. The molecule has 0 saturated carbocycles. The van der Waals surface area contributed by atoms with E-state index in [0.29, 0.717) is 18.8 Å². The fourth-order valence-corrected chi connectivity index (χ4v) is 3.56. The van der Waals surface area contributed by atoms with Gasteiger partial charge in [-0.25, -0.2) is 0 Å². The van der Waals surface area contributed by atoms with Gasteiger partial charge in [-0.1, -0.05) is 24.3 Å². The summed E-state index contributed by atoms with van der Waals surface area (Å²) in [6.07, 6.45) is 0. The molecule has 1 saturated heterocycles. The van der Waals surface area contributed by atoms with E-state index in [9.17, 15) is 9.59 Å². The smallest absolute Gasteiger partial charge is 0.309 e. The minimum absolute atomic E-state index is 0.272. The van der Waals surface area contributed by atoms with Gasteiger partial charge in [0.15, 0.2) is 0 Å². The van der Waals surface area contributed by atoms with Gasteiger partial charge in [0.1, 0.15) is 11.5 Å². The molecule has 3 rings (SSSR count). The topological polar surface area (TPSA) is 83.1 Å². The van der Waals surface area contributed by atoms with Crippen LogP contribution in [-0.2, 0) is 16.1 Å². The Bertz CT molecular complexity index is 881. The van der Waals surface area contributed by atoms with Crippen LogP contribution in [-0.4, -0.2) is 70.2 Å². The lowest BCUT2D eigenvalue weighted by Gasteiger charge is -2.36. The largest absolute Gasteiger partial charge is 0.497 e. The Morgan fingerprint density at radius 1 is 0.903 bits per heavy atom. The van der Waals surface area contributed by atoms with Crippen LogP contribution < -0.4 is 25.0 Å². The monoisotopic (exact) mass is 426 g/mol. The number of methoxy groups -OCH3 is 2. The lowest BCUT2D eigenvalue weighted by atomic mass is 10.2. The van der Waals surface area contributed by atoms with Crippen LogP contribution in [0.5, 0.6) is 11.5 Å². The van der Waals surface area contributed by atoms with Crippen molar-refractivity contribution in [3.63, 3.8) is 0 Å². The number of hydrogen-bond donors (Lipinski definition) is 2. The number of anilines is 1. The molecule has 0 spiro atoms. The van der Waals surface area contributed by atoms with Crippen molar-refractivity contribution >= 4 is 17.5 Å². The fourth-order valence-electron chi connectivity index (χ4n) is 3.56. The maximum atomic E-state index is 12.0. The molecule has 166 valence electrons. The zero-order valence-corrected chi connectivity index (χ0v) is 18.1. The molecule has 1 fully saturated rings. The third kappa shape index (κ3) is 6.36. The molecule has 2 aromatic rings. The van der Waals surface area contributed by atoms with Crippen LogP contribution >= 0.6 is 0 Å². The molecular weight excluding hydrogens is 396 g/mol. The summed E-state index contributed by atoms with van der Waals surface area (Å²) in [4.78, 5) is 28.7. The number of benzene rings is 2. The van der Waals surface area contributed by atoms with E-state index in [0.717, 1.165) is 43.2 Å². The fraction of sp³-hybridized carbons (Fsp3) is 0.391. The van der Waals surface area contributed by atoms with E-state index >= 15 is 0 Å². The lowest BCUT2D eigenvalue weighted by Crippen LogP contribution is -2.49. The van der Waals surface area contributed by atoms with E-state index in [2.05, 4.69) is 26.5 Å². The Morgan fingerprint density at radius 3 is 2.39 bits per heavy atom. The molecule has 0 radical (unpaired) electrons. The summed E-state index contributed by atoms with van der Waals surface area (Å²) in [6, 6.07) is 15.4. The highest BCUT2D eigenvalue weighted by molar-refractivity contribution is 6.35. The summed E-state index contributed by atoms with van der Waals surface area (Å²) < 4.78 is 10.6. The minimum atomic E-state index is -0.635. The highest BCUT2D eigenvalue weighted by atomic mass is 16.5. The first-order chi connectivity index (χ1) is 15.1. The van der Waals surface area contributed by atoms with Gasteiger partial charge in [0.2, 0.25) is 0 Å². The first-order valence-electron chi connectivity index (χ1n) is 10.4. The standard InChI is InChI=1S/C23H30N4O4/c1-30-19-7-5-6-18(16-19)17-25-23(29)22(28)24-10-11-26-12-14-27(15-13-26)20-8-3-4-9-21(20)31-2/h3-9,16H,10-15,17H2,1-2H3,(H,24,28)(H,25,29). The molecule has 0 bridgehead atoms. The van der Waals surface area contributed by atoms with Gasteiger partial charge in [-0.05, 0) is 29.8 Å². The summed E-state index contributed by atoms with van der Waals surface area (Å²) in [7, 11) is 3.27. The highest BCUT2D eigenvalue weighted by Gasteiger charge is 2.20. The zero-order valence-electron chi connectivity index (χ0n) is 18.1. The van der Waals surface area contributed by atoms with Crippen LogP contribution in [0.1, 0.15) is 5.56 Å². The van der Waals surface area contributed by atoms with Gasteiger partial charge < -0.3 is 25.0 Å². The molecular formula is C23H30N4O4. The lowest BCUT2D eigenvalue weighted by molar-refractivity contribution is -0.139. The normalized spacial score (nSPS) is 14.1. The number of hydrogen-bond acceptors (Lipinski definition) is 6. The van der Waals surface area contributed by atoms with Crippen molar-refractivity contribution in [1.82, 2.24) is 15.5 Å². The number of rotatable bonds is 8. The number of para-hydroxylation sites is 2. The van der Waals surface area contributed by atoms with E-state index < -0.39 is 11.8 Å². The van der Waals surface area contributed by atoms with Crippen molar-refractivity contribution in [2.45, 2.75) is 6.54 Å². The van der Waals surface area contributed by atoms with Crippen LogP contribution in [0.3, 0.4) is 0 Å². The predicted octanol–water partition coefficient (Wildman–Crippen LogP) is 1.26. The molecule has 0 atom stereocenters. The van der Waals surface area contributed by atoms with Crippen molar-refractivity contribution in [3.8, 4) is 11.5 Å². The Labute approximate surface area is 183 Å². The molecule has 8 heteroatoms. The summed E-state index contributed by atoms with van der Waals surface area (Å²) in [5.41, 5.74) is 1.97. The second-order valence-corrected chi connectivity index (χ2v) is 7.29. The molecule has 31 heavy (non-hydrogen) atoms. The highest BCUT2D eigenvalue weighted by Crippen LogP contribution is 2.28. The number of ether oxygens (including phenoxy) is 2. The number of piperazine rings is 1. The van der Waals surface area contributed by atoms with Crippen molar-refractivity contribution in [2.24, 2.45) is 0 Å². The maximum absolute atomic E-state index is 12.0. The number of nitrogens with zero attached hydrogens (tertiary/aromatic N) is 2. The van der Waals surface area contributed by atoms with E-state index in [-0.39, 0.29) is 6.54 Å². The van der Waals surface area contributed by atoms with Crippen LogP contribution in [0.4, 0.5) is 5.69 Å². The molecule has 1 heterocycles. The zero-order chi connectivity index (χ0) is 22.1. The molecule has 0 aliphatic carbocycles. The predicted molar refractivity (Wildman–Crippen MR) is 119 cm³/mol. The Balaban J connectivity index is 1.35. The molecule has 2 amide bonds. The summed E-state index contributed by atoms with van der Waals surface area (Å²) in [6.45, 7) is 4.94. The van der Waals surface area contributed by atoms with E-state index in [1.807, 2.05) is 42.5 Å². The summed E-state index contributed by atoms with van der Waals surface area (Å²) in [5.74, 6) is 0.338. The Kier molecular flexibility index (Phi) is 8.12. The van der Waals surface area contributed by atoms with E-state index in [1.165, 1.54) is 0 Å². The second kappa shape index (κ2) is 11.2. The molecule has 1 aliphatic rings. The first kappa shape index (κ1) is 22.4. The average molecular weight is 427 g/mol. The average Bonchev–Trinajstić information content (AvgIpc) is 2.83. The van der Waals surface area contributed by atoms with Crippen LogP contribution in [0, 0.1) is 0 Å². The number of carbonyl (C=O) groups excluding carboxylic acids is 2. The van der Waals surface area contributed by atoms with Gasteiger partial charge in [0.05, 0.1) is 19.9 Å². The van der Waals surface area contributed by atoms with E-state index in [4.69, 9.17) is 9.47 Å². The molecule has 0 unspecified atom stereocenters. The Hall–Kier alpha value is -3.26. The maximum Gasteiger partial charge on any atom is 0.309 e. The number of amides is 2. The third-order valence-corrected chi connectivity index (χ3v) is 5.31. The van der Waals surface area contributed by atoms with Gasteiger partial charge in [-0.2, -0.15) is 0 Å².